The molecule has 4 heteroatoms. The summed E-state index contributed by atoms with van der Waals surface area (Å²) in [5.74, 6) is 0. The number of rotatable bonds is 0. The molecule has 0 aliphatic heterocycles. The van der Waals surface area contributed by atoms with Crippen LogP contribution < -0.4 is 0 Å². The van der Waals surface area contributed by atoms with Crippen molar-refractivity contribution < 1.29 is 0 Å². The molecule has 4 heterocycles. The third kappa shape index (κ3) is 2.11. The van der Waals surface area contributed by atoms with Gasteiger partial charge in [0, 0.05) is 23.2 Å². The van der Waals surface area contributed by atoms with E-state index in [1.165, 1.54) is 60.7 Å². The van der Waals surface area contributed by atoms with Gasteiger partial charge in [0.1, 0.15) is 5.65 Å². The van der Waals surface area contributed by atoms with Gasteiger partial charge < -0.3 is 0 Å². The highest BCUT2D eigenvalue weighted by molar-refractivity contribution is 6.16. The van der Waals surface area contributed by atoms with Gasteiger partial charge in [-0.2, -0.15) is 0 Å². The number of aromatic nitrogens is 4. The summed E-state index contributed by atoms with van der Waals surface area (Å²) >= 11 is 0. The first-order chi connectivity index (χ1) is 17.4. The fourth-order valence-electron chi connectivity index (χ4n) is 6.60. The van der Waals surface area contributed by atoms with E-state index in [0.717, 1.165) is 35.0 Å². The number of benzene rings is 3. The first-order valence-electron chi connectivity index (χ1n) is 12.0. The van der Waals surface area contributed by atoms with Crippen LogP contribution in [-0.2, 0) is 12.8 Å². The van der Waals surface area contributed by atoms with E-state index in [1.54, 1.807) is 0 Å². The Bertz CT molecular complexity index is 2070. The molecular weight excluding hydrogens is 428 g/mol. The first kappa shape index (κ1) is 17.8. The van der Waals surface area contributed by atoms with Crippen molar-refractivity contribution in [2.45, 2.75) is 12.8 Å². The van der Waals surface area contributed by atoms with Gasteiger partial charge in [0.05, 0.1) is 28.9 Å². The van der Waals surface area contributed by atoms with Gasteiger partial charge in [0.25, 0.3) is 0 Å². The molecule has 0 saturated heterocycles. The van der Waals surface area contributed by atoms with Gasteiger partial charge in [-0.15, -0.1) is 0 Å². The zero-order valence-corrected chi connectivity index (χ0v) is 18.8. The number of hydrogen-bond acceptors (Lipinski definition) is 3. The highest BCUT2D eigenvalue weighted by Gasteiger charge is 2.30. The normalized spacial score (nSPS) is 13.5. The van der Waals surface area contributed by atoms with E-state index in [2.05, 4.69) is 69.0 Å². The van der Waals surface area contributed by atoms with Crippen molar-refractivity contribution in [2.24, 2.45) is 0 Å². The molecule has 0 radical (unpaired) electrons. The van der Waals surface area contributed by atoms with Gasteiger partial charge in [-0.25, -0.2) is 4.98 Å². The Balaban J connectivity index is 1.41. The lowest BCUT2D eigenvalue weighted by atomic mass is 9.96. The molecule has 0 bridgehead atoms. The number of imidazole rings is 1. The van der Waals surface area contributed by atoms with Crippen LogP contribution in [0.4, 0.5) is 0 Å². The summed E-state index contributed by atoms with van der Waals surface area (Å²) in [6.45, 7) is 0. The van der Waals surface area contributed by atoms with Crippen LogP contribution in [0.3, 0.4) is 0 Å². The molecule has 0 spiro atoms. The Labute approximate surface area is 200 Å². The monoisotopic (exact) mass is 446 g/mol. The molecule has 0 fully saturated rings. The van der Waals surface area contributed by atoms with Gasteiger partial charge in [0.2, 0.25) is 0 Å². The molecule has 162 valence electrons. The highest BCUT2D eigenvalue weighted by atomic mass is 15.0. The van der Waals surface area contributed by atoms with Gasteiger partial charge in [-0.05, 0) is 74.9 Å². The minimum Gasteiger partial charge on any atom is -0.289 e. The van der Waals surface area contributed by atoms with E-state index >= 15 is 0 Å². The van der Waals surface area contributed by atoms with Crippen molar-refractivity contribution in [3.8, 4) is 22.3 Å². The fourth-order valence-corrected chi connectivity index (χ4v) is 6.60. The Morgan fingerprint density at radius 2 is 1.34 bits per heavy atom. The second-order valence-corrected chi connectivity index (χ2v) is 9.67. The second-order valence-electron chi connectivity index (χ2n) is 9.67. The van der Waals surface area contributed by atoms with Gasteiger partial charge in [-0.1, -0.05) is 48.5 Å². The molecule has 0 unspecified atom stereocenters. The summed E-state index contributed by atoms with van der Waals surface area (Å²) in [5.41, 5.74) is 15.3. The standard InChI is InChI=1S/C31H18N4/c1-2-4-18-17(3-1)13-24-19(18)5-6-20-21-7-8-23-22-9-11-32-15-28(22)35-29-16-33-12-10-27(29)34-31(35)30(23)26(21)14-25(20)24/h1-12,15-16H,13-14H2. The van der Waals surface area contributed by atoms with Crippen molar-refractivity contribution in [3.05, 3.63) is 108 Å². The smallest absolute Gasteiger partial charge is 0.146 e. The van der Waals surface area contributed by atoms with E-state index in [-0.39, 0.29) is 0 Å². The lowest BCUT2D eigenvalue weighted by Gasteiger charge is -2.12. The van der Waals surface area contributed by atoms with E-state index in [1.807, 2.05) is 30.9 Å². The molecular formula is C31H18N4. The summed E-state index contributed by atoms with van der Waals surface area (Å²) in [6.07, 6.45) is 9.52. The largest absolute Gasteiger partial charge is 0.289 e. The lowest BCUT2D eigenvalue weighted by molar-refractivity contribution is 1.17. The molecule has 2 aliphatic carbocycles. The van der Waals surface area contributed by atoms with Crippen LogP contribution in [-0.4, -0.2) is 19.4 Å². The zero-order chi connectivity index (χ0) is 22.7. The molecule has 2 aliphatic rings. The maximum absolute atomic E-state index is 5.13. The zero-order valence-electron chi connectivity index (χ0n) is 18.8. The molecule has 0 atom stereocenters. The molecule has 35 heavy (non-hydrogen) atoms. The number of fused-ring (bicyclic) bond motifs is 16. The Morgan fingerprint density at radius 3 is 2.29 bits per heavy atom. The van der Waals surface area contributed by atoms with Crippen molar-refractivity contribution in [1.82, 2.24) is 19.4 Å². The minimum atomic E-state index is 0.937. The first-order valence-corrected chi connectivity index (χ1v) is 12.0. The van der Waals surface area contributed by atoms with Gasteiger partial charge in [0.15, 0.2) is 0 Å². The van der Waals surface area contributed by atoms with E-state index < -0.39 is 0 Å². The van der Waals surface area contributed by atoms with Crippen LogP contribution in [0, 0.1) is 0 Å². The topological polar surface area (TPSA) is 43.1 Å². The van der Waals surface area contributed by atoms with Crippen LogP contribution in [0.25, 0.3) is 60.6 Å². The van der Waals surface area contributed by atoms with Crippen molar-refractivity contribution in [1.29, 1.82) is 0 Å². The third-order valence-corrected chi connectivity index (χ3v) is 8.07. The molecule has 9 rings (SSSR count). The van der Waals surface area contributed by atoms with Crippen LogP contribution >= 0.6 is 0 Å². The third-order valence-electron chi connectivity index (χ3n) is 8.07. The maximum Gasteiger partial charge on any atom is 0.146 e. The van der Waals surface area contributed by atoms with E-state index in [4.69, 9.17) is 4.98 Å². The van der Waals surface area contributed by atoms with Crippen molar-refractivity contribution in [2.75, 3.05) is 0 Å². The summed E-state index contributed by atoms with van der Waals surface area (Å²) in [7, 11) is 0. The average Bonchev–Trinajstić information content (AvgIpc) is 3.59. The molecule has 0 N–H and O–H groups in total. The molecule has 0 amide bonds. The molecule has 3 aromatic carbocycles. The predicted molar refractivity (Wildman–Crippen MR) is 140 cm³/mol. The minimum absolute atomic E-state index is 0.937. The van der Waals surface area contributed by atoms with Crippen LogP contribution in [0.15, 0.2) is 85.5 Å². The summed E-state index contributed by atoms with van der Waals surface area (Å²) < 4.78 is 2.25. The molecule has 7 aromatic rings. The summed E-state index contributed by atoms with van der Waals surface area (Å²) in [4.78, 5) is 14.0. The number of nitrogens with zero attached hydrogens (tertiary/aromatic N) is 4. The van der Waals surface area contributed by atoms with Crippen LogP contribution in [0.2, 0.25) is 0 Å². The molecule has 0 saturated carbocycles. The SMILES string of the molecule is c1ccc2c(c1)Cc1c-2ccc2c1Cc1c-2ccc2c3ccncc3n3c4cnccc4nc3c12. The van der Waals surface area contributed by atoms with Crippen LogP contribution in [0.5, 0.6) is 0 Å². The quantitative estimate of drug-likeness (QED) is 0.243. The highest BCUT2D eigenvalue weighted by Crippen LogP contribution is 2.49. The Hall–Kier alpha value is -4.57. The predicted octanol–water partition coefficient (Wildman–Crippen LogP) is 6.73. The second kappa shape index (κ2) is 6.10. The maximum atomic E-state index is 5.13. The molecule has 4 nitrogen and oxygen atoms in total. The average molecular weight is 447 g/mol. The van der Waals surface area contributed by atoms with Crippen LogP contribution in [0.1, 0.15) is 22.3 Å². The van der Waals surface area contributed by atoms with E-state index in [9.17, 15) is 0 Å². The van der Waals surface area contributed by atoms with E-state index in [0.29, 0.717) is 0 Å². The van der Waals surface area contributed by atoms with Gasteiger partial charge in [-0.3, -0.25) is 14.4 Å². The van der Waals surface area contributed by atoms with Crippen molar-refractivity contribution in [3.63, 3.8) is 0 Å². The Morgan fingerprint density at radius 1 is 0.600 bits per heavy atom. The number of pyridine rings is 3. The summed E-state index contributed by atoms with van der Waals surface area (Å²) in [6, 6.07) is 22.2. The molecule has 4 aromatic heterocycles. The number of hydrogen-bond donors (Lipinski definition) is 0. The Kier molecular flexibility index (Phi) is 3.11. The lowest BCUT2D eigenvalue weighted by Crippen LogP contribution is -1.96. The summed E-state index contributed by atoms with van der Waals surface area (Å²) in [5, 5.41) is 3.68. The van der Waals surface area contributed by atoms with Crippen molar-refractivity contribution >= 4 is 38.4 Å². The fraction of sp³-hybridized carbons (Fsp3) is 0.0645. The van der Waals surface area contributed by atoms with Gasteiger partial charge >= 0.3 is 0 Å².